The molecule has 1 rings (SSSR count). The summed E-state index contributed by atoms with van der Waals surface area (Å²) in [5, 5.41) is 45.0. The molecule has 0 aromatic rings. The van der Waals surface area contributed by atoms with E-state index in [1.807, 2.05) is 6.08 Å². The normalized spacial score (nSPS) is 19.5. The SMILES string of the molecule is CCCCCCCCCCCCCCCCCCCCCCC/C=C/C(O)C(COC1OC(CO)C(O)C(OS(=O)(=O)O)C1O)NC(=O)CCCCCCCCCCCCCCCCCCCCCCC. The summed E-state index contributed by atoms with van der Waals surface area (Å²) < 4.78 is 47.9. The molecule has 12 nitrogen and oxygen atoms in total. The minimum Gasteiger partial charge on any atom is -0.394 e. The number of rotatable bonds is 53. The summed E-state index contributed by atoms with van der Waals surface area (Å²) in [5.74, 6) is -0.255. The van der Waals surface area contributed by atoms with Crippen LogP contribution in [0.3, 0.4) is 0 Å². The van der Waals surface area contributed by atoms with E-state index >= 15 is 0 Å². The van der Waals surface area contributed by atoms with Crippen LogP contribution in [-0.2, 0) is 28.9 Å². The maximum atomic E-state index is 13.1. The van der Waals surface area contributed by atoms with Gasteiger partial charge in [-0.2, -0.15) is 8.42 Å². The third-order valence-corrected chi connectivity index (χ3v) is 15.0. The molecule has 1 fully saturated rings. The Labute approximate surface area is 436 Å². The number of aliphatic hydroxyl groups excluding tert-OH is 4. The zero-order valence-corrected chi connectivity index (χ0v) is 46.6. The first-order valence-electron chi connectivity index (χ1n) is 30.1. The van der Waals surface area contributed by atoms with Crippen molar-refractivity contribution in [3.8, 4) is 0 Å². The lowest BCUT2D eigenvalue weighted by atomic mass is 9.99. The molecule has 0 aromatic heterocycles. The van der Waals surface area contributed by atoms with Gasteiger partial charge in [-0.1, -0.05) is 283 Å². The molecule has 1 aliphatic heterocycles. The van der Waals surface area contributed by atoms with Crippen LogP contribution < -0.4 is 5.32 Å². The highest BCUT2D eigenvalue weighted by molar-refractivity contribution is 7.80. The van der Waals surface area contributed by atoms with Crippen molar-refractivity contribution in [2.45, 2.75) is 339 Å². The van der Waals surface area contributed by atoms with Crippen molar-refractivity contribution in [2.75, 3.05) is 13.2 Å². The van der Waals surface area contributed by atoms with Crippen LogP contribution in [0.1, 0.15) is 296 Å². The third-order valence-electron chi connectivity index (χ3n) is 14.6. The van der Waals surface area contributed by atoms with Gasteiger partial charge in [-0.05, 0) is 19.3 Å². The Kier molecular flexibility index (Phi) is 46.3. The number of hydrogen-bond acceptors (Lipinski definition) is 10. The van der Waals surface area contributed by atoms with E-state index in [1.54, 1.807) is 6.08 Å². The van der Waals surface area contributed by atoms with E-state index in [0.29, 0.717) is 6.42 Å². The number of hydrogen-bond donors (Lipinski definition) is 6. The Morgan fingerprint density at radius 1 is 0.549 bits per heavy atom. The highest BCUT2D eigenvalue weighted by Crippen LogP contribution is 2.26. The molecule has 1 aliphatic rings. The van der Waals surface area contributed by atoms with Gasteiger partial charge in [-0.15, -0.1) is 0 Å². The molecule has 0 aromatic carbocycles. The van der Waals surface area contributed by atoms with E-state index in [4.69, 9.17) is 9.47 Å². The van der Waals surface area contributed by atoms with Crippen molar-refractivity contribution in [1.82, 2.24) is 5.32 Å². The number of unbranched alkanes of at least 4 members (excludes halogenated alkanes) is 41. The Balaban J connectivity index is 2.35. The first kappa shape index (κ1) is 67.9. The lowest BCUT2D eigenvalue weighted by Crippen LogP contribution is -2.61. The van der Waals surface area contributed by atoms with Gasteiger partial charge < -0.3 is 35.2 Å². The smallest absolute Gasteiger partial charge is 0.394 e. The summed E-state index contributed by atoms with van der Waals surface area (Å²) in [4.78, 5) is 13.1. The molecule has 1 heterocycles. The predicted molar refractivity (Wildman–Crippen MR) is 292 cm³/mol. The molecule has 0 bridgehead atoms. The van der Waals surface area contributed by atoms with E-state index in [-0.39, 0.29) is 18.9 Å². The van der Waals surface area contributed by atoms with Crippen LogP contribution >= 0.6 is 0 Å². The zero-order chi connectivity index (χ0) is 51.9. The maximum absolute atomic E-state index is 13.1. The molecule has 1 amide bonds. The Morgan fingerprint density at radius 2 is 0.887 bits per heavy atom. The number of ether oxygens (including phenoxy) is 2. The van der Waals surface area contributed by atoms with Crippen molar-refractivity contribution >= 4 is 16.3 Å². The summed E-state index contributed by atoms with van der Waals surface area (Å²) in [7, 11) is -5.09. The summed E-state index contributed by atoms with van der Waals surface area (Å²) in [6.07, 6.45) is 49.7. The van der Waals surface area contributed by atoms with Crippen LogP contribution in [-0.4, -0.2) is 95.4 Å². The van der Waals surface area contributed by atoms with Crippen LogP contribution in [0.25, 0.3) is 0 Å². The van der Waals surface area contributed by atoms with Crippen LogP contribution in [0.5, 0.6) is 0 Å². The molecule has 71 heavy (non-hydrogen) atoms. The van der Waals surface area contributed by atoms with Crippen LogP contribution in [0, 0.1) is 0 Å². The van der Waals surface area contributed by atoms with Gasteiger partial charge in [0.05, 0.1) is 25.4 Å². The first-order valence-corrected chi connectivity index (χ1v) is 31.4. The molecule has 7 unspecified atom stereocenters. The van der Waals surface area contributed by atoms with Gasteiger partial charge in [-0.3, -0.25) is 9.35 Å². The second-order valence-electron chi connectivity index (χ2n) is 21.3. The number of aliphatic hydroxyl groups is 4. The lowest BCUT2D eigenvalue weighted by molar-refractivity contribution is -0.298. The number of allylic oxidation sites excluding steroid dienone is 1. The second kappa shape index (κ2) is 48.5. The number of nitrogens with one attached hydrogen (secondary N) is 1. The largest absolute Gasteiger partial charge is 0.397 e. The molecule has 0 radical (unpaired) electrons. The molecule has 1 saturated heterocycles. The molecule has 0 saturated carbocycles. The Morgan fingerprint density at radius 3 is 1.23 bits per heavy atom. The van der Waals surface area contributed by atoms with Crippen LogP contribution in [0.2, 0.25) is 0 Å². The fraction of sp³-hybridized carbons (Fsp3) is 0.948. The van der Waals surface area contributed by atoms with E-state index in [1.165, 1.54) is 231 Å². The molecule has 0 aliphatic carbocycles. The minimum atomic E-state index is -5.09. The van der Waals surface area contributed by atoms with Gasteiger partial charge >= 0.3 is 10.4 Å². The Hall–Kier alpha value is -1.16. The van der Waals surface area contributed by atoms with Crippen molar-refractivity contribution in [3.63, 3.8) is 0 Å². The van der Waals surface area contributed by atoms with E-state index in [2.05, 4.69) is 23.3 Å². The molecular formula is C58H113NO11S. The number of amides is 1. The molecule has 13 heteroatoms. The predicted octanol–water partition coefficient (Wildman–Crippen LogP) is 14.2. The summed E-state index contributed by atoms with van der Waals surface area (Å²) in [5.41, 5.74) is 0. The summed E-state index contributed by atoms with van der Waals surface area (Å²) >= 11 is 0. The molecular weight excluding hydrogens is 919 g/mol. The third kappa shape index (κ3) is 40.8. The van der Waals surface area contributed by atoms with Crippen molar-refractivity contribution in [2.24, 2.45) is 0 Å². The highest BCUT2D eigenvalue weighted by atomic mass is 32.3. The van der Waals surface area contributed by atoms with Crippen LogP contribution in [0.15, 0.2) is 12.2 Å². The molecule has 6 N–H and O–H groups in total. The quantitative estimate of drug-likeness (QED) is 0.0193. The fourth-order valence-electron chi connectivity index (χ4n) is 9.93. The van der Waals surface area contributed by atoms with Gasteiger partial charge in [-0.25, -0.2) is 4.18 Å². The van der Waals surface area contributed by atoms with E-state index in [0.717, 1.165) is 38.5 Å². The minimum absolute atomic E-state index is 0.255. The molecule has 7 atom stereocenters. The molecule has 422 valence electrons. The number of carbonyl (C=O) groups excluding carboxylic acids is 1. The summed E-state index contributed by atoms with van der Waals surface area (Å²) in [6, 6.07) is -0.940. The topological polar surface area (TPSA) is 192 Å². The van der Waals surface area contributed by atoms with Gasteiger partial charge in [0.2, 0.25) is 5.91 Å². The van der Waals surface area contributed by atoms with Gasteiger partial charge in [0, 0.05) is 6.42 Å². The first-order chi connectivity index (χ1) is 34.5. The monoisotopic (exact) mass is 1030 g/mol. The lowest BCUT2D eigenvalue weighted by Gasteiger charge is -2.41. The van der Waals surface area contributed by atoms with Crippen molar-refractivity contribution in [3.05, 3.63) is 12.2 Å². The average Bonchev–Trinajstić information content (AvgIpc) is 3.34. The standard InChI is InChI=1S/C58H113NO11S/c1-3-5-7-9-11-13-15-17-19-21-23-25-26-28-29-31-33-35-37-39-41-43-45-47-52(61)51(50-68-58-56(64)57(70-71(65,66)67)55(63)53(49-60)69-58)59-54(62)48-46-44-42-40-38-36-34-32-30-27-24-22-20-18-16-14-12-10-8-6-4-2/h45,47,51-53,55-58,60-61,63-64H,3-44,46,48-50H2,1-2H3,(H,59,62)(H,65,66,67)/b47-45+. The van der Waals surface area contributed by atoms with Crippen molar-refractivity contribution < 1.29 is 51.8 Å². The van der Waals surface area contributed by atoms with Gasteiger partial charge in [0.1, 0.15) is 24.4 Å². The maximum Gasteiger partial charge on any atom is 0.397 e. The zero-order valence-electron chi connectivity index (χ0n) is 45.8. The highest BCUT2D eigenvalue weighted by Gasteiger charge is 2.48. The van der Waals surface area contributed by atoms with Gasteiger partial charge in [0.15, 0.2) is 6.29 Å². The van der Waals surface area contributed by atoms with Gasteiger partial charge in [0.25, 0.3) is 0 Å². The molecule has 0 spiro atoms. The van der Waals surface area contributed by atoms with Crippen molar-refractivity contribution in [1.29, 1.82) is 0 Å². The van der Waals surface area contributed by atoms with Crippen LogP contribution in [0.4, 0.5) is 0 Å². The Bertz CT molecular complexity index is 1310. The van der Waals surface area contributed by atoms with E-state index < -0.39 is 59.9 Å². The van der Waals surface area contributed by atoms with E-state index in [9.17, 15) is 38.2 Å². The average molecular weight is 1030 g/mol. The fourth-order valence-corrected chi connectivity index (χ4v) is 10.4. The summed E-state index contributed by atoms with van der Waals surface area (Å²) in [6.45, 7) is 3.45. The second-order valence-corrected chi connectivity index (χ2v) is 22.4. The number of carbonyl (C=O) groups is 1.